The summed E-state index contributed by atoms with van der Waals surface area (Å²) in [7, 11) is 0. The number of carbonyl (C=O) groups excluding carboxylic acids is 1. The molecule has 0 radical (unpaired) electrons. The summed E-state index contributed by atoms with van der Waals surface area (Å²) in [5.41, 5.74) is -0.173. The minimum absolute atomic E-state index is 0.0867. The molecule has 1 aromatic rings. The van der Waals surface area contributed by atoms with Crippen molar-refractivity contribution in [3.05, 3.63) is 16.1 Å². The van der Waals surface area contributed by atoms with E-state index < -0.39 is 0 Å². The lowest BCUT2D eigenvalue weighted by molar-refractivity contribution is -0.136. The van der Waals surface area contributed by atoms with Gasteiger partial charge >= 0.3 is 0 Å². The smallest absolute Gasteiger partial charge is 0.246 e. The van der Waals surface area contributed by atoms with Crippen molar-refractivity contribution in [1.29, 1.82) is 0 Å². The first-order valence-electron chi connectivity index (χ1n) is 6.16. The molecule has 18 heavy (non-hydrogen) atoms. The summed E-state index contributed by atoms with van der Waals surface area (Å²) >= 11 is 1.64. The van der Waals surface area contributed by atoms with Crippen LogP contribution in [0.15, 0.2) is 6.20 Å². The minimum Gasteiger partial charge on any atom is -0.363 e. The number of thiazole rings is 1. The van der Waals surface area contributed by atoms with E-state index in [0.717, 1.165) is 24.5 Å². The summed E-state index contributed by atoms with van der Waals surface area (Å²) in [4.78, 5) is 17.1. The molecule has 1 amide bonds. The summed E-state index contributed by atoms with van der Waals surface area (Å²) in [5.74, 6) is -0.0867. The lowest BCUT2D eigenvalue weighted by atomic mass is 10.0. The Morgan fingerprint density at radius 2 is 2.44 bits per heavy atom. The Hall–Kier alpha value is -0.980. The van der Waals surface area contributed by atoms with Crippen LogP contribution in [0.4, 0.5) is 0 Å². The molecular formula is C12H19N3O2S. The highest BCUT2D eigenvalue weighted by Gasteiger charge is 2.32. The zero-order chi connectivity index (χ0) is 13.0. The molecule has 1 aromatic heterocycles. The van der Waals surface area contributed by atoms with Gasteiger partial charge in [-0.05, 0) is 13.3 Å². The van der Waals surface area contributed by atoms with E-state index in [4.69, 9.17) is 4.74 Å². The third kappa shape index (κ3) is 3.51. The van der Waals surface area contributed by atoms with Crippen molar-refractivity contribution in [2.24, 2.45) is 0 Å². The number of aryl methyl sites for hydroxylation is 1. The molecule has 0 spiro atoms. The fourth-order valence-corrected chi connectivity index (χ4v) is 2.44. The second-order valence-electron chi connectivity index (χ2n) is 4.69. The summed E-state index contributed by atoms with van der Waals surface area (Å²) < 4.78 is 5.55. The zero-order valence-corrected chi connectivity index (χ0v) is 11.6. The van der Waals surface area contributed by atoms with Crippen molar-refractivity contribution in [2.75, 3.05) is 19.7 Å². The molecule has 0 saturated carbocycles. The van der Waals surface area contributed by atoms with Crippen LogP contribution in [0.1, 0.15) is 23.7 Å². The molecule has 1 fully saturated rings. The fourth-order valence-electron chi connectivity index (χ4n) is 1.64. The molecular weight excluding hydrogens is 250 g/mol. The summed E-state index contributed by atoms with van der Waals surface area (Å²) in [6.07, 6.45) is 2.85. The average Bonchev–Trinajstić information content (AvgIpc) is 2.79. The highest BCUT2D eigenvalue weighted by Crippen LogP contribution is 2.15. The summed E-state index contributed by atoms with van der Waals surface area (Å²) in [5, 5.41) is 6.89. The van der Waals surface area contributed by atoms with Crippen LogP contribution in [-0.4, -0.2) is 36.2 Å². The van der Waals surface area contributed by atoms with E-state index in [1.807, 2.05) is 13.1 Å². The number of nitrogens with zero attached hydrogens (tertiary/aromatic N) is 1. The van der Waals surface area contributed by atoms with E-state index in [9.17, 15) is 4.79 Å². The van der Waals surface area contributed by atoms with Gasteiger partial charge in [-0.3, -0.25) is 4.79 Å². The van der Waals surface area contributed by atoms with Crippen LogP contribution in [-0.2, 0) is 22.5 Å². The first kappa shape index (κ1) is 13.5. The van der Waals surface area contributed by atoms with Crippen LogP contribution in [0.5, 0.6) is 0 Å². The van der Waals surface area contributed by atoms with Gasteiger partial charge in [0.25, 0.3) is 0 Å². The van der Waals surface area contributed by atoms with Gasteiger partial charge in [0, 0.05) is 24.2 Å². The van der Waals surface area contributed by atoms with E-state index in [0.29, 0.717) is 6.54 Å². The highest BCUT2D eigenvalue weighted by molar-refractivity contribution is 7.11. The maximum atomic E-state index is 11.6. The molecule has 2 rings (SSSR count). The maximum absolute atomic E-state index is 11.6. The number of rotatable bonds is 6. The van der Waals surface area contributed by atoms with Gasteiger partial charge in [-0.15, -0.1) is 11.3 Å². The Morgan fingerprint density at radius 1 is 1.67 bits per heavy atom. The molecule has 100 valence electrons. The lowest BCUT2D eigenvalue weighted by Gasteiger charge is -2.38. The van der Waals surface area contributed by atoms with Crippen molar-refractivity contribution in [3.63, 3.8) is 0 Å². The monoisotopic (exact) mass is 269 g/mol. The van der Waals surface area contributed by atoms with E-state index in [1.165, 1.54) is 4.88 Å². The summed E-state index contributed by atoms with van der Waals surface area (Å²) in [6.45, 7) is 6.33. The SMILES string of the molecule is CCc1cnc(CNC(=O)COC2(C)CNC2)s1. The zero-order valence-electron chi connectivity index (χ0n) is 10.8. The van der Waals surface area contributed by atoms with Gasteiger partial charge in [-0.2, -0.15) is 0 Å². The van der Waals surface area contributed by atoms with Gasteiger partial charge in [0.2, 0.25) is 5.91 Å². The van der Waals surface area contributed by atoms with Crippen LogP contribution < -0.4 is 10.6 Å². The maximum Gasteiger partial charge on any atom is 0.246 e. The molecule has 0 unspecified atom stereocenters. The average molecular weight is 269 g/mol. The molecule has 1 aliphatic rings. The number of ether oxygens (including phenoxy) is 1. The number of amides is 1. The van der Waals surface area contributed by atoms with Crippen LogP contribution in [0.3, 0.4) is 0 Å². The van der Waals surface area contributed by atoms with Crippen molar-refractivity contribution >= 4 is 17.2 Å². The van der Waals surface area contributed by atoms with Crippen molar-refractivity contribution < 1.29 is 9.53 Å². The Balaban J connectivity index is 1.68. The van der Waals surface area contributed by atoms with E-state index in [2.05, 4.69) is 22.5 Å². The molecule has 0 bridgehead atoms. The standard InChI is InChI=1S/C12H19N3O2S/c1-3-9-4-15-11(18-9)5-14-10(16)6-17-12(2)7-13-8-12/h4,13H,3,5-8H2,1-2H3,(H,14,16). The van der Waals surface area contributed by atoms with Crippen molar-refractivity contribution in [2.45, 2.75) is 32.4 Å². The number of carbonyl (C=O) groups is 1. The molecule has 0 atom stereocenters. The molecule has 0 aromatic carbocycles. The van der Waals surface area contributed by atoms with Crippen molar-refractivity contribution in [3.8, 4) is 0 Å². The van der Waals surface area contributed by atoms with Gasteiger partial charge in [0.05, 0.1) is 12.1 Å². The lowest BCUT2D eigenvalue weighted by Crippen LogP contribution is -2.59. The second kappa shape index (κ2) is 5.77. The van der Waals surface area contributed by atoms with Crippen molar-refractivity contribution in [1.82, 2.24) is 15.6 Å². The normalized spacial score (nSPS) is 17.2. The molecule has 1 aliphatic heterocycles. The van der Waals surface area contributed by atoms with Gasteiger partial charge in [0.15, 0.2) is 0 Å². The quantitative estimate of drug-likeness (QED) is 0.798. The predicted molar refractivity (Wildman–Crippen MR) is 70.6 cm³/mol. The van der Waals surface area contributed by atoms with E-state index in [-0.39, 0.29) is 18.1 Å². The first-order chi connectivity index (χ1) is 8.61. The largest absolute Gasteiger partial charge is 0.363 e. The third-order valence-electron chi connectivity index (χ3n) is 2.94. The molecule has 2 N–H and O–H groups in total. The number of nitrogens with one attached hydrogen (secondary N) is 2. The van der Waals surface area contributed by atoms with Gasteiger partial charge in [-0.25, -0.2) is 4.98 Å². The predicted octanol–water partition coefficient (Wildman–Crippen LogP) is 0.700. The Bertz CT molecular complexity index is 415. The third-order valence-corrected chi connectivity index (χ3v) is 4.08. The van der Waals surface area contributed by atoms with E-state index >= 15 is 0 Å². The second-order valence-corrected chi connectivity index (χ2v) is 5.89. The Kier molecular flexibility index (Phi) is 4.31. The van der Waals surface area contributed by atoms with E-state index in [1.54, 1.807) is 11.3 Å². The van der Waals surface area contributed by atoms with Crippen LogP contribution in [0, 0.1) is 0 Å². The number of aromatic nitrogens is 1. The first-order valence-corrected chi connectivity index (χ1v) is 6.98. The van der Waals surface area contributed by atoms with Gasteiger partial charge in [0.1, 0.15) is 11.6 Å². The number of hydrogen-bond acceptors (Lipinski definition) is 5. The molecule has 1 saturated heterocycles. The van der Waals surface area contributed by atoms with Crippen LogP contribution in [0.25, 0.3) is 0 Å². The highest BCUT2D eigenvalue weighted by atomic mass is 32.1. The number of hydrogen-bond donors (Lipinski definition) is 2. The van der Waals surface area contributed by atoms with Crippen LogP contribution in [0.2, 0.25) is 0 Å². The molecule has 2 heterocycles. The Morgan fingerprint density at radius 3 is 3.00 bits per heavy atom. The fraction of sp³-hybridized carbons (Fsp3) is 0.667. The molecule has 5 nitrogen and oxygen atoms in total. The summed E-state index contributed by atoms with van der Waals surface area (Å²) in [6, 6.07) is 0. The van der Waals surface area contributed by atoms with Gasteiger partial charge in [-0.1, -0.05) is 6.92 Å². The molecule has 6 heteroatoms. The minimum atomic E-state index is -0.173. The topological polar surface area (TPSA) is 63.2 Å². The van der Waals surface area contributed by atoms with Crippen LogP contribution >= 0.6 is 11.3 Å². The molecule has 0 aliphatic carbocycles. The van der Waals surface area contributed by atoms with Gasteiger partial charge < -0.3 is 15.4 Å². The Labute approximate surface area is 111 Å².